The quantitative estimate of drug-likeness (QED) is 0.381. The molecule has 0 saturated heterocycles. The Morgan fingerprint density at radius 3 is 3.00 bits per heavy atom. The molecule has 0 aliphatic heterocycles. The van der Waals surface area contributed by atoms with Crippen molar-refractivity contribution in [2.75, 3.05) is 6.61 Å². The molecule has 92 valence electrons. The van der Waals surface area contributed by atoms with Crippen LogP contribution >= 0.6 is 12.4 Å². The minimum absolute atomic E-state index is 0. The lowest BCUT2D eigenvalue weighted by Gasteiger charge is -2.05. The first kappa shape index (κ1) is 13.2. The van der Waals surface area contributed by atoms with Crippen LogP contribution in [0.3, 0.4) is 0 Å². The monoisotopic (exact) mass is 256 g/mol. The Bertz CT molecular complexity index is 510. The van der Waals surface area contributed by atoms with Crippen LogP contribution in [0.4, 0.5) is 0 Å². The van der Waals surface area contributed by atoms with Crippen molar-refractivity contribution in [1.82, 2.24) is 0 Å². The van der Waals surface area contributed by atoms with Gasteiger partial charge in [-0.15, -0.1) is 12.4 Å². The molecule has 2 rings (SSSR count). The molecular weight excluding hydrogens is 244 g/mol. The standard InChI is InChI=1S/C11H12N2O3.ClH/c12-10(13-14)5-7-15-9-3-1-2-8-4-6-16-11(8)9;/h1-4,6,14H,5,7H2,(H2,12,13);1H. The Kier molecular flexibility index (Phi) is 4.66. The van der Waals surface area contributed by atoms with E-state index >= 15 is 0 Å². The minimum atomic E-state index is 0. The van der Waals surface area contributed by atoms with Crippen LogP contribution in [0.25, 0.3) is 11.0 Å². The fourth-order valence-corrected chi connectivity index (χ4v) is 1.39. The fraction of sp³-hybridized carbons (Fsp3) is 0.182. The highest BCUT2D eigenvalue weighted by atomic mass is 35.5. The summed E-state index contributed by atoms with van der Waals surface area (Å²) < 4.78 is 10.8. The van der Waals surface area contributed by atoms with Gasteiger partial charge in [-0.3, -0.25) is 0 Å². The SMILES string of the molecule is Cl.NC(CCOc1cccc2ccoc12)=NO. The first-order valence-electron chi connectivity index (χ1n) is 4.86. The molecule has 3 N–H and O–H groups in total. The molecule has 0 unspecified atom stereocenters. The minimum Gasteiger partial charge on any atom is -0.489 e. The van der Waals surface area contributed by atoms with Gasteiger partial charge in [0.2, 0.25) is 0 Å². The maximum atomic E-state index is 8.36. The number of amidine groups is 1. The lowest BCUT2D eigenvalue weighted by atomic mass is 10.2. The molecule has 0 atom stereocenters. The van der Waals surface area contributed by atoms with Gasteiger partial charge in [-0.1, -0.05) is 17.3 Å². The predicted octanol–water partition coefficient (Wildman–Crippen LogP) is 2.37. The first-order valence-corrected chi connectivity index (χ1v) is 4.86. The highest BCUT2D eigenvalue weighted by Crippen LogP contribution is 2.26. The zero-order chi connectivity index (χ0) is 11.4. The van der Waals surface area contributed by atoms with Crippen LogP contribution in [-0.4, -0.2) is 17.6 Å². The fourth-order valence-electron chi connectivity index (χ4n) is 1.39. The third-order valence-corrected chi connectivity index (χ3v) is 2.19. The van der Waals surface area contributed by atoms with Crippen LogP contribution in [0.2, 0.25) is 0 Å². The maximum Gasteiger partial charge on any atom is 0.175 e. The van der Waals surface area contributed by atoms with Crippen LogP contribution in [0.15, 0.2) is 40.1 Å². The number of para-hydroxylation sites is 1. The van der Waals surface area contributed by atoms with Gasteiger partial charge < -0.3 is 20.1 Å². The normalized spacial score (nSPS) is 11.2. The van der Waals surface area contributed by atoms with Gasteiger partial charge in [-0.2, -0.15) is 0 Å². The van der Waals surface area contributed by atoms with E-state index in [9.17, 15) is 0 Å². The number of hydrogen-bond acceptors (Lipinski definition) is 4. The van der Waals surface area contributed by atoms with Gasteiger partial charge in [0.25, 0.3) is 0 Å². The average molecular weight is 257 g/mol. The molecule has 0 fully saturated rings. The smallest absolute Gasteiger partial charge is 0.175 e. The zero-order valence-electron chi connectivity index (χ0n) is 9.00. The molecule has 0 bridgehead atoms. The molecule has 6 heteroatoms. The van der Waals surface area contributed by atoms with Crippen LogP contribution in [-0.2, 0) is 0 Å². The number of oxime groups is 1. The second kappa shape index (κ2) is 6.00. The van der Waals surface area contributed by atoms with Gasteiger partial charge in [-0.25, -0.2) is 0 Å². The number of nitrogens with two attached hydrogens (primary N) is 1. The lowest BCUT2D eigenvalue weighted by Crippen LogP contribution is -2.15. The highest BCUT2D eigenvalue weighted by Gasteiger charge is 2.04. The summed E-state index contributed by atoms with van der Waals surface area (Å²) in [7, 11) is 0. The molecule has 1 aromatic heterocycles. The Balaban J connectivity index is 0.00000144. The van der Waals surface area contributed by atoms with Crippen LogP contribution in [0, 0.1) is 0 Å². The van der Waals surface area contributed by atoms with E-state index in [1.54, 1.807) is 6.26 Å². The topological polar surface area (TPSA) is 81.0 Å². The summed E-state index contributed by atoms with van der Waals surface area (Å²) in [4.78, 5) is 0. The Labute approximate surface area is 104 Å². The van der Waals surface area contributed by atoms with Gasteiger partial charge in [-0.05, 0) is 12.1 Å². The van der Waals surface area contributed by atoms with Crippen molar-refractivity contribution >= 4 is 29.2 Å². The zero-order valence-corrected chi connectivity index (χ0v) is 9.81. The van der Waals surface area contributed by atoms with Crippen LogP contribution in [0.5, 0.6) is 5.75 Å². The molecule has 17 heavy (non-hydrogen) atoms. The summed E-state index contributed by atoms with van der Waals surface area (Å²) in [5.41, 5.74) is 6.04. The molecule has 2 aromatic rings. The average Bonchev–Trinajstić information content (AvgIpc) is 2.77. The van der Waals surface area contributed by atoms with Gasteiger partial charge in [0.05, 0.1) is 12.9 Å². The van der Waals surface area contributed by atoms with Crippen LogP contribution in [0.1, 0.15) is 6.42 Å². The van der Waals surface area contributed by atoms with E-state index in [0.717, 1.165) is 5.39 Å². The number of hydrogen-bond donors (Lipinski definition) is 2. The molecule has 0 saturated carbocycles. The van der Waals surface area contributed by atoms with Crippen molar-refractivity contribution in [2.45, 2.75) is 6.42 Å². The van der Waals surface area contributed by atoms with E-state index in [0.29, 0.717) is 24.4 Å². The molecule has 0 aliphatic carbocycles. The number of benzene rings is 1. The molecule has 0 radical (unpaired) electrons. The molecule has 5 nitrogen and oxygen atoms in total. The summed E-state index contributed by atoms with van der Waals surface area (Å²) in [6.07, 6.45) is 1.98. The van der Waals surface area contributed by atoms with E-state index in [-0.39, 0.29) is 18.2 Å². The van der Waals surface area contributed by atoms with Crippen molar-refractivity contribution in [3.63, 3.8) is 0 Å². The molecule has 1 aromatic carbocycles. The highest BCUT2D eigenvalue weighted by molar-refractivity contribution is 5.85. The van der Waals surface area contributed by atoms with Crippen molar-refractivity contribution in [1.29, 1.82) is 0 Å². The van der Waals surface area contributed by atoms with Gasteiger partial charge >= 0.3 is 0 Å². The maximum absolute atomic E-state index is 8.36. The van der Waals surface area contributed by atoms with E-state index in [1.807, 2.05) is 24.3 Å². The van der Waals surface area contributed by atoms with Crippen molar-refractivity contribution in [2.24, 2.45) is 10.9 Å². The van der Waals surface area contributed by atoms with Crippen molar-refractivity contribution in [3.05, 3.63) is 30.5 Å². The van der Waals surface area contributed by atoms with E-state index in [4.69, 9.17) is 20.1 Å². The number of ether oxygens (including phenoxy) is 1. The summed E-state index contributed by atoms with van der Waals surface area (Å²) in [5, 5.41) is 12.2. The number of nitrogens with zero attached hydrogens (tertiary/aromatic N) is 1. The number of fused-ring (bicyclic) bond motifs is 1. The number of rotatable bonds is 4. The van der Waals surface area contributed by atoms with Gasteiger partial charge in [0.15, 0.2) is 11.3 Å². The molecule has 0 spiro atoms. The third kappa shape index (κ3) is 3.04. The number of halogens is 1. The number of furan rings is 1. The Morgan fingerprint density at radius 1 is 1.41 bits per heavy atom. The Morgan fingerprint density at radius 2 is 2.24 bits per heavy atom. The summed E-state index contributed by atoms with van der Waals surface area (Å²) in [6, 6.07) is 7.51. The second-order valence-corrected chi connectivity index (χ2v) is 3.28. The molecule has 0 aliphatic rings. The summed E-state index contributed by atoms with van der Waals surface area (Å²) in [5.74, 6) is 0.805. The van der Waals surface area contributed by atoms with E-state index in [2.05, 4.69) is 5.16 Å². The predicted molar refractivity (Wildman–Crippen MR) is 67.0 cm³/mol. The van der Waals surface area contributed by atoms with E-state index in [1.165, 1.54) is 0 Å². The van der Waals surface area contributed by atoms with Gasteiger partial charge in [0, 0.05) is 11.8 Å². The van der Waals surface area contributed by atoms with E-state index < -0.39 is 0 Å². The van der Waals surface area contributed by atoms with Gasteiger partial charge in [0.1, 0.15) is 5.84 Å². The lowest BCUT2D eigenvalue weighted by molar-refractivity contribution is 0.305. The Hall–Kier alpha value is -1.88. The summed E-state index contributed by atoms with van der Waals surface area (Å²) in [6.45, 7) is 0.343. The summed E-state index contributed by atoms with van der Waals surface area (Å²) >= 11 is 0. The first-order chi connectivity index (χ1) is 7.81. The molecular formula is C11H13ClN2O3. The van der Waals surface area contributed by atoms with Crippen molar-refractivity contribution < 1.29 is 14.4 Å². The second-order valence-electron chi connectivity index (χ2n) is 3.28. The largest absolute Gasteiger partial charge is 0.489 e. The molecule has 1 heterocycles. The van der Waals surface area contributed by atoms with Crippen molar-refractivity contribution in [3.8, 4) is 5.75 Å². The van der Waals surface area contributed by atoms with Crippen LogP contribution < -0.4 is 10.5 Å². The third-order valence-electron chi connectivity index (χ3n) is 2.19. The molecule has 0 amide bonds.